The summed E-state index contributed by atoms with van der Waals surface area (Å²) in [5.41, 5.74) is 0. The summed E-state index contributed by atoms with van der Waals surface area (Å²) in [6.45, 7) is -0.00769. The zero-order valence-corrected chi connectivity index (χ0v) is 5.04. The van der Waals surface area contributed by atoms with Crippen LogP contribution in [0.15, 0.2) is 0 Å². The van der Waals surface area contributed by atoms with Crippen LogP contribution in [0, 0.1) is 5.92 Å². The van der Waals surface area contributed by atoms with Gasteiger partial charge < -0.3 is 9.84 Å². The molecule has 1 rings (SSSR count). The number of carbonyl (C=O) groups excluding carboxylic acids is 1. The summed E-state index contributed by atoms with van der Waals surface area (Å²) in [6, 6.07) is 0. The predicted octanol–water partition coefficient (Wildman–Crippen LogP) is -0.0697. The number of carbonyl (C=O) groups is 1. The van der Waals surface area contributed by atoms with Gasteiger partial charge in [-0.25, -0.2) is 0 Å². The van der Waals surface area contributed by atoms with Crippen molar-refractivity contribution in [2.75, 3.05) is 6.61 Å². The second kappa shape index (κ2) is 2.35. The van der Waals surface area contributed by atoms with Crippen LogP contribution in [-0.4, -0.2) is 23.8 Å². The van der Waals surface area contributed by atoms with E-state index in [1.165, 1.54) is 0 Å². The second-order valence-electron chi connectivity index (χ2n) is 2.18. The Balaban J connectivity index is 2.48. The van der Waals surface area contributed by atoms with Crippen LogP contribution in [0.3, 0.4) is 0 Å². The molecule has 0 radical (unpaired) electrons. The van der Waals surface area contributed by atoms with E-state index in [4.69, 9.17) is 11.2 Å². The quantitative estimate of drug-likeness (QED) is 0.507. The van der Waals surface area contributed by atoms with Crippen molar-refractivity contribution >= 4 is 5.97 Å². The van der Waals surface area contributed by atoms with Crippen molar-refractivity contribution in [3.05, 3.63) is 0 Å². The Hall–Kier alpha value is -0.570. The van der Waals surface area contributed by atoms with Crippen molar-refractivity contribution in [2.45, 2.75) is 19.4 Å². The molecular formula is C6H10O3. The molecule has 2 atom stereocenters. The molecule has 0 aromatic rings. The minimum atomic E-state index is -0.426. The van der Waals surface area contributed by atoms with Gasteiger partial charge in [0, 0.05) is 7.29 Å². The molecule has 0 aromatic carbocycles. The van der Waals surface area contributed by atoms with Gasteiger partial charge in [-0.15, -0.1) is 0 Å². The van der Waals surface area contributed by atoms with E-state index < -0.39 is 6.10 Å². The Morgan fingerprint density at radius 2 is 2.89 bits per heavy atom. The van der Waals surface area contributed by atoms with Gasteiger partial charge in [-0.05, 0) is 0 Å². The van der Waals surface area contributed by atoms with Gasteiger partial charge in [0.15, 0.2) is 0 Å². The summed E-state index contributed by atoms with van der Waals surface area (Å²) in [5.74, 6) is -0.395. The van der Waals surface area contributed by atoms with Crippen LogP contribution < -0.4 is 0 Å². The Labute approximate surface area is 55.0 Å². The summed E-state index contributed by atoms with van der Waals surface area (Å²) in [4.78, 5) is 10.6. The fourth-order valence-corrected chi connectivity index (χ4v) is 0.845. The Morgan fingerprint density at radius 1 is 2.11 bits per heavy atom. The zero-order valence-electron chi connectivity index (χ0n) is 6.04. The van der Waals surface area contributed by atoms with Crippen LogP contribution in [0.1, 0.15) is 14.7 Å². The highest BCUT2D eigenvalue weighted by Crippen LogP contribution is 2.20. The van der Waals surface area contributed by atoms with E-state index in [0.717, 1.165) is 0 Å². The third-order valence-electron chi connectivity index (χ3n) is 1.42. The molecule has 0 unspecified atom stereocenters. The smallest absolute Gasteiger partial charge is 0.306 e. The van der Waals surface area contributed by atoms with E-state index in [1.54, 1.807) is 0 Å². The highest BCUT2D eigenvalue weighted by atomic mass is 16.6. The Morgan fingerprint density at radius 3 is 3.33 bits per heavy atom. The summed E-state index contributed by atoms with van der Waals surface area (Å²) >= 11 is 0. The number of hydrogen-bond acceptors (Lipinski definition) is 3. The van der Waals surface area contributed by atoms with Crippen molar-refractivity contribution in [3.63, 3.8) is 0 Å². The van der Waals surface area contributed by atoms with Crippen molar-refractivity contribution in [1.82, 2.24) is 0 Å². The van der Waals surface area contributed by atoms with Crippen LogP contribution in [0.4, 0.5) is 0 Å². The van der Waals surface area contributed by atoms with Crippen LogP contribution in [0.2, 0.25) is 0 Å². The van der Waals surface area contributed by atoms with Crippen molar-refractivity contribution < 1.29 is 16.0 Å². The maximum atomic E-state index is 10.6. The Bertz CT molecular complexity index is 123. The number of aliphatic hydroxyl groups is 1. The van der Waals surface area contributed by atoms with Gasteiger partial charge >= 0.3 is 5.97 Å². The van der Waals surface area contributed by atoms with Gasteiger partial charge in [-0.1, -0.05) is 6.90 Å². The van der Waals surface area contributed by atoms with Gasteiger partial charge in [0.1, 0.15) is 6.10 Å². The maximum absolute atomic E-state index is 10.6. The molecule has 1 fully saturated rings. The Kier molecular flexibility index (Phi) is 1.37. The third kappa shape index (κ3) is 1.21. The summed E-state index contributed by atoms with van der Waals surface area (Å²) in [6.07, 6.45) is -0.139. The average Bonchev–Trinajstić information content (AvgIpc) is 2.30. The number of esters is 1. The molecular weight excluding hydrogens is 120 g/mol. The van der Waals surface area contributed by atoms with Crippen LogP contribution in [0.25, 0.3) is 0 Å². The lowest BCUT2D eigenvalue weighted by atomic mass is 10.1. The van der Waals surface area contributed by atoms with Crippen LogP contribution in [-0.2, 0) is 9.53 Å². The molecule has 1 heterocycles. The number of hydrogen-bond donors (Lipinski definition) is 1. The molecule has 1 saturated heterocycles. The molecule has 1 N–H and O–H groups in total. The van der Waals surface area contributed by atoms with Gasteiger partial charge in [0.25, 0.3) is 0 Å². The van der Waals surface area contributed by atoms with Crippen LogP contribution >= 0.6 is 0 Å². The maximum Gasteiger partial charge on any atom is 0.306 e. The zero-order chi connectivity index (χ0) is 7.56. The molecule has 0 aromatic heterocycles. The highest BCUT2D eigenvalue weighted by molar-refractivity contribution is 5.71. The first-order chi connectivity index (χ1) is 4.77. The molecule has 3 heteroatoms. The van der Waals surface area contributed by atoms with Crippen molar-refractivity contribution in [2.24, 2.45) is 5.92 Å². The molecule has 52 valence electrons. The van der Waals surface area contributed by atoms with Gasteiger partial charge in [-0.2, -0.15) is 0 Å². The number of ether oxygens (including phenoxy) is 1. The van der Waals surface area contributed by atoms with E-state index in [-0.39, 0.29) is 31.8 Å². The number of aliphatic hydroxyl groups excluding tert-OH is 1. The van der Waals surface area contributed by atoms with Gasteiger partial charge in [0.05, 0.1) is 13.0 Å². The topological polar surface area (TPSA) is 46.5 Å². The monoisotopic (exact) mass is 131 g/mol. The molecule has 3 nitrogen and oxygen atoms in total. The van der Waals surface area contributed by atoms with Gasteiger partial charge in [-0.3, -0.25) is 4.79 Å². The molecule has 0 spiro atoms. The van der Waals surface area contributed by atoms with E-state index >= 15 is 0 Å². The minimum Gasteiger partial charge on any atom is -0.460 e. The predicted molar refractivity (Wildman–Crippen MR) is 30.7 cm³/mol. The fraction of sp³-hybridized carbons (Fsp3) is 0.833. The normalized spacial score (nSPS) is 36.1. The highest BCUT2D eigenvalue weighted by Gasteiger charge is 2.30. The third-order valence-corrected chi connectivity index (χ3v) is 1.42. The minimum absolute atomic E-state index is 0.0995. The number of cyclic esters (lactones) is 1. The first-order valence-corrected chi connectivity index (χ1v) is 2.87. The first-order valence-electron chi connectivity index (χ1n) is 3.58. The summed E-state index contributed by atoms with van der Waals surface area (Å²) in [7, 11) is 0. The van der Waals surface area contributed by atoms with E-state index in [9.17, 15) is 4.79 Å². The second-order valence-corrected chi connectivity index (χ2v) is 2.18. The molecule has 0 bridgehead atoms. The van der Waals surface area contributed by atoms with Crippen molar-refractivity contribution in [1.29, 1.82) is 0 Å². The SMILES string of the molecule is [2H]C[C@@H]1CC(=O)O[C@@H]1CO. The van der Waals surface area contributed by atoms with E-state index in [1.807, 2.05) is 0 Å². The fourth-order valence-electron chi connectivity index (χ4n) is 0.845. The molecule has 1 aliphatic rings. The summed E-state index contributed by atoms with van der Waals surface area (Å²) < 4.78 is 11.7. The lowest BCUT2D eigenvalue weighted by Gasteiger charge is -2.07. The average molecular weight is 131 g/mol. The first kappa shape index (κ1) is 5.23. The molecule has 0 aliphatic carbocycles. The van der Waals surface area contributed by atoms with E-state index in [0.29, 0.717) is 0 Å². The van der Waals surface area contributed by atoms with E-state index in [2.05, 4.69) is 0 Å². The molecule has 0 saturated carbocycles. The standard InChI is InChI=1S/C6H10O3/c1-4-2-6(8)9-5(4)3-7/h4-5,7H,2-3H2,1H3/t4-,5-/m1/s1/i1D. The lowest BCUT2D eigenvalue weighted by Crippen LogP contribution is -2.17. The molecule has 1 aliphatic heterocycles. The van der Waals surface area contributed by atoms with Crippen molar-refractivity contribution in [3.8, 4) is 0 Å². The largest absolute Gasteiger partial charge is 0.460 e. The molecule has 0 amide bonds. The molecule has 9 heavy (non-hydrogen) atoms. The number of rotatable bonds is 1. The van der Waals surface area contributed by atoms with Crippen LogP contribution in [0.5, 0.6) is 0 Å². The van der Waals surface area contributed by atoms with Gasteiger partial charge in [0.2, 0.25) is 0 Å². The lowest BCUT2D eigenvalue weighted by molar-refractivity contribution is -0.142. The summed E-state index contributed by atoms with van der Waals surface area (Å²) in [5, 5.41) is 8.62.